The summed E-state index contributed by atoms with van der Waals surface area (Å²) in [5.41, 5.74) is 1.53. The topological polar surface area (TPSA) is 69.4 Å². The molecule has 2 aliphatic heterocycles. The fraction of sp³-hybridized carbons (Fsp3) is 0.529. The van der Waals surface area contributed by atoms with E-state index in [1.807, 2.05) is 0 Å². The lowest BCUT2D eigenvalue weighted by molar-refractivity contribution is 0.0722. The van der Waals surface area contributed by atoms with Crippen molar-refractivity contribution in [3.63, 3.8) is 0 Å². The number of aromatic nitrogens is 2. The molecule has 0 radical (unpaired) electrons. The Bertz CT molecular complexity index is 713. The Labute approximate surface area is 139 Å². The summed E-state index contributed by atoms with van der Waals surface area (Å²) in [6.07, 6.45) is 3.74. The van der Waals surface area contributed by atoms with Crippen molar-refractivity contribution in [2.24, 2.45) is 0 Å². The van der Waals surface area contributed by atoms with Gasteiger partial charge in [0.05, 0.1) is 31.4 Å². The van der Waals surface area contributed by atoms with Gasteiger partial charge in [-0.25, -0.2) is 4.39 Å². The molecule has 2 aromatic rings. The van der Waals surface area contributed by atoms with Gasteiger partial charge in [-0.15, -0.1) is 10.2 Å². The second kappa shape index (κ2) is 6.76. The third-order valence-electron chi connectivity index (χ3n) is 4.39. The number of hydrogen-bond acceptors (Lipinski definition) is 6. The highest BCUT2D eigenvalue weighted by atomic mass is 19.1. The Morgan fingerprint density at radius 1 is 1.21 bits per heavy atom. The molecule has 128 valence electrons. The molecular weight excluding hydrogens is 313 g/mol. The molecule has 1 N–H and O–H groups in total. The maximum absolute atomic E-state index is 13.8. The fourth-order valence-corrected chi connectivity index (χ4v) is 3.18. The van der Waals surface area contributed by atoms with E-state index < -0.39 is 0 Å². The van der Waals surface area contributed by atoms with Crippen molar-refractivity contribution >= 4 is 5.69 Å². The third-order valence-corrected chi connectivity index (χ3v) is 4.39. The first-order valence-electron chi connectivity index (χ1n) is 8.39. The molecule has 4 rings (SSSR count). The lowest BCUT2D eigenvalue weighted by Crippen LogP contribution is -2.15. The smallest absolute Gasteiger partial charge is 0.235 e. The van der Waals surface area contributed by atoms with Gasteiger partial charge in [0.15, 0.2) is 0 Å². The first kappa shape index (κ1) is 15.4. The quantitative estimate of drug-likeness (QED) is 0.927. The number of hydrogen-bond donors (Lipinski definition) is 1. The predicted octanol–water partition coefficient (Wildman–Crippen LogP) is 3.04. The van der Waals surface area contributed by atoms with E-state index in [0.717, 1.165) is 43.6 Å². The Morgan fingerprint density at radius 2 is 2.17 bits per heavy atom. The zero-order chi connectivity index (χ0) is 16.4. The fourth-order valence-electron chi connectivity index (χ4n) is 3.18. The van der Waals surface area contributed by atoms with Crippen LogP contribution in [-0.4, -0.2) is 30.0 Å². The van der Waals surface area contributed by atoms with Gasteiger partial charge in [0.2, 0.25) is 11.8 Å². The number of fused-ring (bicyclic) bond motifs is 1. The van der Waals surface area contributed by atoms with E-state index in [4.69, 9.17) is 13.9 Å². The number of halogens is 1. The number of rotatable bonds is 4. The maximum atomic E-state index is 13.8. The molecule has 2 aliphatic rings. The Kier molecular flexibility index (Phi) is 4.34. The molecule has 0 spiro atoms. The summed E-state index contributed by atoms with van der Waals surface area (Å²) >= 11 is 0. The Morgan fingerprint density at radius 3 is 3.04 bits per heavy atom. The summed E-state index contributed by atoms with van der Waals surface area (Å²) in [5, 5.41) is 11.3. The van der Waals surface area contributed by atoms with E-state index in [-0.39, 0.29) is 11.7 Å². The van der Waals surface area contributed by atoms with Crippen molar-refractivity contribution in [1.29, 1.82) is 0 Å². The van der Waals surface area contributed by atoms with E-state index >= 15 is 0 Å². The minimum Gasteiger partial charge on any atom is -0.491 e. The molecular formula is C17H20FN3O3. The first-order chi connectivity index (χ1) is 11.8. The van der Waals surface area contributed by atoms with Crippen LogP contribution in [0.4, 0.5) is 10.1 Å². The zero-order valence-corrected chi connectivity index (χ0v) is 13.4. The third kappa shape index (κ3) is 3.21. The second-order valence-electron chi connectivity index (χ2n) is 6.20. The van der Waals surface area contributed by atoms with Gasteiger partial charge in [-0.2, -0.15) is 0 Å². The van der Waals surface area contributed by atoms with E-state index in [9.17, 15) is 4.39 Å². The van der Waals surface area contributed by atoms with E-state index in [1.54, 1.807) is 0 Å². The zero-order valence-electron chi connectivity index (χ0n) is 13.4. The second-order valence-corrected chi connectivity index (χ2v) is 6.20. The van der Waals surface area contributed by atoms with Crippen LogP contribution in [0.25, 0.3) is 0 Å². The van der Waals surface area contributed by atoms with Crippen molar-refractivity contribution in [2.45, 2.75) is 38.1 Å². The Balaban J connectivity index is 1.45. The molecule has 1 saturated heterocycles. The highest BCUT2D eigenvalue weighted by Crippen LogP contribution is 2.34. The highest BCUT2D eigenvalue weighted by molar-refractivity contribution is 5.61. The first-order valence-corrected chi connectivity index (χ1v) is 8.39. The van der Waals surface area contributed by atoms with Crippen molar-refractivity contribution in [2.75, 3.05) is 25.1 Å². The van der Waals surface area contributed by atoms with Gasteiger partial charge in [-0.3, -0.25) is 0 Å². The summed E-state index contributed by atoms with van der Waals surface area (Å²) in [5.74, 6) is 1.72. The van der Waals surface area contributed by atoms with Crippen LogP contribution in [0.15, 0.2) is 16.5 Å². The minimum absolute atomic E-state index is 0.172. The van der Waals surface area contributed by atoms with E-state index in [0.29, 0.717) is 37.2 Å². The molecule has 1 fully saturated rings. The summed E-state index contributed by atoms with van der Waals surface area (Å²) < 4.78 is 30.6. The molecule has 3 heterocycles. The van der Waals surface area contributed by atoms with Crippen LogP contribution in [-0.2, 0) is 17.7 Å². The van der Waals surface area contributed by atoms with Crippen molar-refractivity contribution in [1.82, 2.24) is 10.2 Å². The van der Waals surface area contributed by atoms with E-state index in [2.05, 4.69) is 15.5 Å². The Hall–Kier alpha value is -2.15. The molecule has 24 heavy (non-hydrogen) atoms. The lowest BCUT2D eigenvalue weighted by atomic mass is 10.0. The van der Waals surface area contributed by atoms with Crippen molar-refractivity contribution < 1.29 is 18.3 Å². The monoisotopic (exact) mass is 333 g/mol. The van der Waals surface area contributed by atoms with E-state index in [1.165, 1.54) is 12.1 Å². The van der Waals surface area contributed by atoms with Gasteiger partial charge in [0.1, 0.15) is 11.6 Å². The maximum Gasteiger partial charge on any atom is 0.235 e. The summed E-state index contributed by atoms with van der Waals surface area (Å²) in [7, 11) is 0. The molecule has 1 unspecified atom stereocenters. The van der Waals surface area contributed by atoms with Gasteiger partial charge in [0.25, 0.3) is 0 Å². The minimum atomic E-state index is -0.271. The molecule has 1 atom stereocenters. The molecule has 7 heteroatoms. The largest absolute Gasteiger partial charge is 0.491 e. The van der Waals surface area contributed by atoms with Gasteiger partial charge < -0.3 is 19.2 Å². The van der Waals surface area contributed by atoms with Crippen LogP contribution in [0.5, 0.6) is 5.75 Å². The SMILES string of the molecule is Fc1cc2c(c(NCc3nnc(C4CCCOC4)o3)c1)OCCC2. The summed E-state index contributed by atoms with van der Waals surface area (Å²) in [6.45, 7) is 2.41. The van der Waals surface area contributed by atoms with Crippen LogP contribution in [0.2, 0.25) is 0 Å². The molecule has 0 saturated carbocycles. The van der Waals surface area contributed by atoms with Crippen LogP contribution >= 0.6 is 0 Å². The molecule has 1 aromatic heterocycles. The number of nitrogens with one attached hydrogen (secondary N) is 1. The predicted molar refractivity (Wildman–Crippen MR) is 84.6 cm³/mol. The van der Waals surface area contributed by atoms with Gasteiger partial charge in [-0.05, 0) is 37.3 Å². The van der Waals surface area contributed by atoms with Gasteiger partial charge in [0, 0.05) is 12.7 Å². The van der Waals surface area contributed by atoms with Gasteiger partial charge >= 0.3 is 0 Å². The number of ether oxygens (including phenoxy) is 2. The number of nitrogens with zero attached hydrogens (tertiary/aromatic N) is 2. The average molecular weight is 333 g/mol. The highest BCUT2D eigenvalue weighted by Gasteiger charge is 2.22. The molecule has 0 aliphatic carbocycles. The molecule has 1 aromatic carbocycles. The normalized spacial score (nSPS) is 20.3. The lowest BCUT2D eigenvalue weighted by Gasteiger charge is -2.21. The van der Waals surface area contributed by atoms with Gasteiger partial charge in [-0.1, -0.05) is 0 Å². The molecule has 6 nitrogen and oxygen atoms in total. The van der Waals surface area contributed by atoms with Crippen molar-refractivity contribution in [3.05, 3.63) is 35.3 Å². The number of anilines is 1. The summed E-state index contributed by atoms with van der Waals surface area (Å²) in [6, 6.07) is 2.98. The van der Waals surface area contributed by atoms with Crippen LogP contribution in [0, 0.1) is 5.82 Å². The van der Waals surface area contributed by atoms with Crippen LogP contribution < -0.4 is 10.1 Å². The molecule has 0 amide bonds. The average Bonchev–Trinajstić information content (AvgIpc) is 3.09. The summed E-state index contributed by atoms with van der Waals surface area (Å²) in [4.78, 5) is 0. The van der Waals surface area contributed by atoms with Crippen LogP contribution in [0.1, 0.15) is 42.5 Å². The van der Waals surface area contributed by atoms with Crippen LogP contribution in [0.3, 0.4) is 0 Å². The number of aryl methyl sites for hydroxylation is 1. The van der Waals surface area contributed by atoms with Crippen molar-refractivity contribution in [3.8, 4) is 5.75 Å². The molecule has 0 bridgehead atoms. The number of benzene rings is 1. The standard InChI is InChI=1S/C17H20FN3O3/c18-13-7-11-3-2-6-23-16(11)14(8-13)19-9-15-20-21-17(24-15)12-4-1-5-22-10-12/h7-8,12,19H,1-6,9-10H2.